The zero-order valence-electron chi connectivity index (χ0n) is 13.5. The molecule has 0 N–H and O–H groups in total. The summed E-state index contributed by atoms with van der Waals surface area (Å²) in [6.07, 6.45) is 4.43. The largest absolute Gasteiger partial charge is 2.00 e. The summed E-state index contributed by atoms with van der Waals surface area (Å²) < 4.78 is 0. The van der Waals surface area contributed by atoms with Gasteiger partial charge in [0.2, 0.25) is 0 Å². The maximum Gasteiger partial charge on any atom is 2.00 e. The second-order valence-electron chi connectivity index (χ2n) is 5.36. The first-order valence-electron chi connectivity index (χ1n) is 6.38. The minimum atomic E-state index is -1.10. The first-order valence-corrected chi connectivity index (χ1v) is 9.88. The van der Waals surface area contributed by atoms with Gasteiger partial charge >= 0.3 is 19.5 Å². The molecule has 0 fully saturated rings. The molecule has 0 saturated heterocycles. The zero-order valence-corrected chi connectivity index (χ0v) is 17.5. The Kier molecular flexibility index (Phi) is 19.9. The topological polar surface area (TPSA) is 17.3 Å². The van der Waals surface area contributed by atoms with Crippen molar-refractivity contribution >= 4 is 8.07 Å². The molecule has 0 aromatic rings. The molecule has 0 aromatic heterocycles. The van der Waals surface area contributed by atoms with Gasteiger partial charge in [0, 0.05) is 0 Å². The van der Waals surface area contributed by atoms with Gasteiger partial charge in [-0.3, -0.25) is 0 Å². The van der Waals surface area contributed by atoms with Crippen LogP contribution in [0, 0.1) is 5.70 Å². The fourth-order valence-corrected chi connectivity index (χ4v) is 1.32. The molecule has 0 bridgehead atoms. The van der Waals surface area contributed by atoms with Crippen LogP contribution in [-0.2, 0) is 19.5 Å². The van der Waals surface area contributed by atoms with Crippen LogP contribution in [0.1, 0.15) is 19.8 Å². The van der Waals surface area contributed by atoms with Gasteiger partial charge in [0.1, 0.15) is 0 Å². The molecule has 0 radical (unpaired) electrons. The van der Waals surface area contributed by atoms with Crippen molar-refractivity contribution in [3.63, 3.8) is 0 Å². The number of rotatable bonds is 6. The molecule has 2 nitrogen and oxygen atoms in total. The average Bonchev–Trinajstić information content (AvgIpc) is 2.21. The zero-order chi connectivity index (χ0) is 13.7. The molecule has 18 heavy (non-hydrogen) atoms. The van der Waals surface area contributed by atoms with Crippen molar-refractivity contribution in [2.45, 2.75) is 39.4 Å². The molecule has 0 rings (SSSR count). The smallest absolute Gasteiger partial charge is 0.664 e. The number of likely N-dealkylation sites (N-methyl/N-ethyl adjacent to an activating group) is 2. The van der Waals surface area contributed by atoms with Crippen LogP contribution >= 0.6 is 0 Å². The summed E-state index contributed by atoms with van der Waals surface area (Å²) in [6, 6.07) is 0. The van der Waals surface area contributed by atoms with Crippen molar-refractivity contribution < 1.29 is 19.5 Å². The van der Waals surface area contributed by atoms with Crippen LogP contribution in [0.3, 0.4) is 0 Å². The minimum absolute atomic E-state index is 0. The maximum atomic E-state index is 3.93. The van der Waals surface area contributed by atoms with Crippen LogP contribution in [0.25, 0.3) is 5.32 Å². The normalized spacial score (nSPS) is 9.78. The fourth-order valence-electron chi connectivity index (χ4n) is 0.784. The van der Waals surface area contributed by atoms with Crippen LogP contribution in [-0.4, -0.2) is 47.2 Å². The Hall–Kier alpha value is 0.280. The molecule has 4 heteroatoms. The third-order valence-electron chi connectivity index (χ3n) is 1.75. The van der Waals surface area contributed by atoms with Crippen molar-refractivity contribution in [1.29, 1.82) is 0 Å². The number of unbranched alkanes of at least 4 members (excludes halogenated alkanes) is 1. The molecule has 0 aliphatic heterocycles. The number of allylic oxidation sites excluding steroid dienone is 1. The Bertz CT molecular complexity index is 216. The van der Waals surface area contributed by atoms with Gasteiger partial charge < -0.3 is 15.9 Å². The summed E-state index contributed by atoms with van der Waals surface area (Å²) in [6.45, 7) is 11.0. The Labute approximate surface area is 129 Å². The molecular weight excluding hydrogens is 290 g/mol. The number of hydrogen-bond donors (Lipinski definition) is 0. The van der Waals surface area contributed by atoms with Crippen LogP contribution in [0.2, 0.25) is 19.6 Å². The van der Waals surface area contributed by atoms with E-state index < -0.39 is 8.07 Å². The molecule has 0 aromatic carbocycles. The van der Waals surface area contributed by atoms with E-state index in [1.807, 2.05) is 21.1 Å². The Morgan fingerprint density at radius 3 is 2.11 bits per heavy atom. The summed E-state index contributed by atoms with van der Waals surface area (Å²) in [7, 11) is 4.83. The molecule has 102 valence electrons. The van der Waals surface area contributed by atoms with Gasteiger partial charge in [-0.05, 0) is 28.7 Å². The third-order valence-corrected chi connectivity index (χ3v) is 2.65. The van der Waals surface area contributed by atoms with Crippen molar-refractivity contribution in [1.82, 2.24) is 4.90 Å². The van der Waals surface area contributed by atoms with Gasteiger partial charge in [0.25, 0.3) is 0 Å². The molecule has 0 aliphatic carbocycles. The van der Waals surface area contributed by atoms with E-state index in [9.17, 15) is 0 Å². The van der Waals surface area contributed by atoms with Crippen LogP contribution in [0.4, 0.5) is 0 Å². The van der Waals surface area contributed by atoms with Gasteiger partial charge in [-0.25, -0.2) is 5.70 Å². The number of nitrogens with zero attached hydrogens (tertiary/aromatic N) is 2. The molecular formula is C14H30N2SiZn. The van der Waals surface area contributed by atoms with E-state index in [1.54, 1.807) is 0 Å². The van der Waals surface area contributed by atoms with Crippen molar-refractivity contribution in [2.24, 2.45) is 0 Å². The van der Waals surface area contributed by atoms with Gasteiger partial charge in [0.15, 0.2) is 0 Å². The Morgan fingerprint density at radius 2 is 1.83 bits per heavy atom. The molecule has 0 aliphatic rings. The predicted octanol–water partition coefficient (Wildman–Crippen LogP) is 3.73. The first kappa shape index (κ1) is 23.4. The van der Waals surface area contributed by atoms with Crippen LogP contribution in [0.5, 0.6) is 0 Å². The number of hydrogen-bond acceptors (Lipinski definition) is 1. The Balaban J connectivity index is -0.000000251. The summed E-state index contributed by atoms with van der Waals surface area (Å²) in [5.41, 5.74) is 6.40. The summed E-state index contributed by atoms with van der Waals surface area (Å²) in [5, 5.41) is 3.93. The van der Waals surface area contributed by atoms with Gasteiger partial charge in [-0.1, -0.05) is 39.4 Å². The van der Waals surface area contributed by atoms with Crippen LogP contribution in [0.15, 0.2) is 11.8 Å². The predicted molar refractivity (Wildman–Crippen MR) is 82.3 cm³/mol. The summed E-state index contributed by atoms with van der Waals surface area (Å²) in [5.74, 6) is 0. The van der Waals surface area contributed by atoms with Crippen molar-refractivity contribution in [3.05, 3.63) is 22.8 Å². The summed E-state index contributed by atoms with van der Waals surface area (Å²) >= 11 is 0. The second kappa shape index (κ2) is 15.3. The monoisotopic (exact) mass is 318 g/mol. The average molecular weight is 320 g/mol. The van der Waals surface area contributed by atoms with E-state index in [2.05, 4.69) is 54.3 Å². The van der Waals surface area contributed by atoms with E-state index in [0.29, 0.717) is 0 Å². The van der Waals surface area contributed by atoms with Crippen LogP contribution < -0.4 is 0 Å². The van der Waals surface area contributed by atoms with E-state index in [4.69, 9.17) is 0 Å². The quantitative estimate of drug-likeness (QED) is 0.414. The fraction of sp³-hybridized carbons (Fsp3) is 0.786. The first-order chi connectivity index (χ1) is 7.83. The van der Waals surface area contributed by atoms with E-state index in [-0.39, 0.29) is 19.5 Å². The Morgan fingerprint density at radius 1 is 1.28 bits per heavy atom. The SMILES string of the molecule is CCCC=C=[C-][Si](C)(C)C.C[N-]CCN(C)C.[Zn+2]. The van der Waals surface area contributed by atoms with Crippen molar-refractivity contribution in [2.75, 3.05) is 34.2 Å². The maximum absolute atomic E-state index is 3.93. The van der Waals surface area contributed by atoms with Gasteiger partial charge in [-0.2, -0.15) is 13.1 Å². The molecule has 0 unspecified atom stereocenters. The van der Waals surface area contributed by atoms with E-state index in [1.165, 1.54) is 6.42 Å². The summed E-state index contributed by atoms with van der Waals surface area (Å²) in [4.78, 5) is 2.12. The standard InChI is InChI=1S/C9H17Si.C5H13N2.Zn/c1-5-6-7-8-9-10(2,3)4;1-6-4-5-7(2)3;/h7H,5-6H2,1-4H3;4-5H2,1-3H3;/q2*-1;+2. The molecule has 0 amide bonds. The minimum Gasteiger partial charge on any atom is -0.664 e. The molecule has 0 heterocycles. The van der Waals surface area contributed by atoms with Gasteiger partial charge in [0.05, 0.1) is 0 Å². The second-order valence-corrected chi connectivity index (χ2v) is 10.1. The van der Waals surface area contributed by atoms with E-state index >= 15 is 0 Å². The molecule has 0 saturated carbocycles. The molecule has 0 spiro atoms. The molecule has 0 atom stereocenters. The third kappa shape index (κ3) is 29.9. The van der Waals surface area contributed by atoms with Gasteiger partial charge in [-0.15, -0.1) is 6.54 Å². The van der Waals surface area contributed by atoms with E-state index in [0.717, 1.165) is 19.5 Å². The van der Waals surface area contributed by atoms with Crippen molar-refractivity contribution in [3.8, 4) is 0 Å².